The van der Waals surface area contributed by atoms with E-state index in [1.807, 2.05) is 30.3 Å². The molecule has 0 bridgehead atoms. The number of nitrogen functional groups attached to an aromatic ring is 1. The zero-order valence-electron chi connectivity index (χ0n) is 8.42. The fourth-order valence-electron chi connectivity index (χ4n) is 1.44. The van der Waals surface area contributed by atoms with Crippen LogP contribution in [0.15, 0.2) is 42.6 Å². The average molecular weight is 214 g/mol. The minimum Gasteiger partial charge on any atom is -0.478 e. The molecule has 0 unspecified atom stereocenters. The second-order valence-corrected chi connectivity index (χ2v) is 3.33. The molecule has 0 aliphatic rings. The van der Waals surface area contributed by atoms with Gasteiger partial charge in [-0.05, 0) is 6.07 Å². The van der Waals surface area contributed by atoms with Gasteiger partial charge in [-0.2, -0.15) is 0 Å². The lowest BCUT2D eigenvalue weighted by Crippen LogP contribution is -2.01. The predicted octanol–water partition coefficient (Wildman–Crippen LogP) is 2.03. The maximum absolute atomic E-state index is 10.7. The van der Waals surface area contributed by atoms with Crippen molar-refractivity contribution in [1.29, 1.82) is 0 Å². The van der Waals surface area contributed by atoms with Crippen molar-refractivity contribution in [3.05, 3.63) is 48.2 Å². The van der Waals surface area contributed by atoms with Crippen LogP contribution in [0.2, 0.25) is 0 Å². The first kappa shape index (κ1) is 10.2. The number of aromatic nitrogens is 1. The zero-order valence-corrected chi connectivity index (χ0v) is 8.42. The Hall–Kier alpha value is -2.36. The fourth-order valence-corrected chi connectivity index (χ4v) is 1.44. The minimum absolute atomic E-state index is 0.0946. The molecule has 0 amide bonds. The topological polar surface area (TPSA) is 76.2 Å². The van der Waals surface area contributed by atoms with Crippen LogP contribution in [0.25, 0.3) is 11.3 Å². The number of anilines is 1. The number of aromatic carboxylic acids is 1. The van der Waals surface area contributed by atoms with E-state index < -0.39 is 5.97 Å². The highest BCUT2D eigenvalue weighted by Gasteiger charge is 2.08. The van der Waals surface area contributed by atoms with Crippen LogP contribution in [0.5, 0.6) is 0 Å². The molecule has 16 heavy (non-hydrogen) atoms. The van der Waals surface area contributed by atoms with Crippen molar-refractivity contribution in [2.45, 2.75) is 0 Å². The van der Waals surface area contributed by atoms with E-state index in [1.54, 1.807) is 0 Å². The molecule has 80 valence electrons. The van der Waals surface area contributed by atoms with Crippen molar-refractivity contribution in [1.82, 2.24) is 4.98 Å². The Labute approximate surface area is 92.4 Å². The maximum Gasteiger partial charge on any atom is 0.337 e. The molecule has 1 heterocycles. The van der Waals surface area contributed by atoms with Gasteiger partial charge in [-0.1, -0.05) is 30.3 Å². The molecule has 0 spiro atoms. The third-order valence-electron chi connectivity index (χ3n) is 2.21. The van der Waals surface area contributed by atoms with Crippen molar-refractivity contribution in [2.24, 2.45) is 0 Å². The number of hydrogen-bond acceptors (Lipinski definition) is 3. The second-order valence-electron chi connectivity index (χ2n) is 3.33. The molecule has 1 aromatic carbocycles. The van der Waals surface area contributed by atoms with E-state index in [4.69, 9.17) is 10.8 Å². The quantitative estimate of drug-likeness (QED) is 0.801. The number of carboxylic acids is 1. The summed E-state index contributed by atoms with van der Waals surface area (Å²) in [5.74, 6) is -1.03. The number of carboxylic acid groups (broad SMARTS) is 1. The minimum atomic E-state index is -1.03. The highest BCUT2D eigenvalue weighted by Crippen LogP contribution is 2.23. The van der Waals surface area contributed by atoms with Crippen molar-refractivity contribution in [3.63, 3.8) is 0 Å². The summed E-state index contributed by atoms with van der Waals surface area (Å²) in [6.07, 6.45) is 1.31. The zero-order chi connectivity index (χ0) is 11.5. The van der Waals surface area contributed by atoms with Gasteiger partial charge in [0.15, 0.2) is 0 Å². The second kappa shape index (κ2) is 4.02. The van der Waals surface area contributed by atoms with Gasteiger partial charge in [-0.25, -0.2) is 4.79 Å². The monoisotopic (exact) mass is 214 g/mol. The molecule has 3 N–H and O–H groups in total. The van der Waals surface area contributed by atoms with E-state index in [9.17, 15) is 4.79 Å². The van der Waals surface area contributed by atoms with E-state index in [2.05, 4.69) is 4.98 Å². The molecular weight excluding hydrogens is 204 g/mol. The standard InChI is InChI=1S/C12H10N2O2/c13-10-6-9(12(15)16)7-14-11(10)8-4-2-1-3-5-8/h1-7H,13H2,(H,15,16). The predicted molar refractivity (Wildman–Crippen MR) is 61.0 cm³/mol. The van der Waals surface area contributed by atoms with Gasteiger partial charge in [0.2, 0.25) is 0 Å². The molecule has 4 heteroatoms. The number of nitrogens with two attached hydrogens (primary N) is 1. The van der Waals surface area contributed by atoms with Crippen molar-refractivity contribution in [2.75, 3.05) is 5.73 Å². The molecule has 4 nitrogen and oxygen atoms in total. The lowest BCUT2D eigenvalue weighted by atomic mass is 10.1. The summed E-state index contributed by atoms with van der Waals surface area (Å²) in [7, 11) is 0. The van der Waals surface area contributed by atoms with Gasteiger partial charge in [0.05, 0.1) is 16.9 Å². The molecule has 0 atom stereocenters. The summed E-state index contributed by atoms with van der Waals surface area (Å²) in [6, 6.07) is 10.8. The van der Waals surface area contributed by atoms with Crippen LogP contribution in [0.4, 0.5) is 5.69 Å². The van der Waals surface area contributed by atoms with Crippen LogP contribution >= 0.6 is 0 Å². The van der Waals surface area contributed by atoms with E-state index in [1.165, 1.54) is 12.3 Å². The Bertz CT molecular complexity index is 524. The van der Waals surface area contributed by atoms with E-state index >= 15 is 0 Å². The van der Waals surface area contributed by atoms with Gasteiger partial charge < -0.3 is 10.8 Å². The van der Waals surface area contributed by atoms with Gasteiger partial charge >= 0.3 is 5.97 Å². The van der Waals surface area contributed by atoms with Gasteiger partial charge in [0, 0.05) is 11.8 Å². The molecule has 0 fully saturated rings. The molecule has 0 aliphatic carbocycles. The van der Waals surface area contributed by atoms with Crippen LogP contribution < -0.4 is 5.73 Å². The molecule has 0 aliphatic heterocycles. The van der Waals surface area contributed by atoms with E-state index in [0.717, 1.165) is 5.56 Å². The number of rotatable bonds is 2. The number of pyridine rings is 1. The van der Waals surface area contributed by atoms with Gasteiger partial charge in [-0.3, -0.25) is 4.98 Å². The highest BCUT2D eigenvalue weighted by molar-refractivity contribution is 5.89. The smallest absolute Gasteiger partial charge is 0.337 e. The Morgan fingerprint density at radius 1 is 1.25 bits per heavy atom. The number of carbonyl (C=O) groups is 1. The van der Waals surface area contributed by atoms with E-state index in [-0.39, 0.29) is 5.56 Å². The summed E-state index contributed by atoms with van der Waals surface area (Å²) >= 11 is 0. The fraction of sp³-hybridized carbons (Fsp3) is 0. The summed E-state index contributed by atoms with van der Waals surface area (Å²) in [4.78, 5) is 14.8. The van der Waals surface area contributed by atoms with Crippen molar-refractivity contribution in [3.8, 4) is 11.3 Å². The number of benzene rings is 1. The van der Waals surface area contributed by atoms with Crippen LogP contribution in [0, 0.1) is 0 Å². The summed E-state index contributed by atoms with van der Waals surface area (Å²) in [5.41, 5.74) is 7.70. The molecule has 0 radical (unpaired) electrons. The summed E-state index contributed by atoms with van der Waals surface area (Å²) in [5, 5.41) is 8.78. The lowest BCUT2D eigenvalue weighted by Gasteiger charge is -2.05. The molecule has 1 aromatic heterocycles. The maximum atomic E-state index is 10.7. The summed E-state index contributed by atoms with van der Waals surface area (Å²) in [6.45, 7) is 0. The molecule has 2 rings (SSSR count). The van der Waals surface area contributed by atoms with Crippen LogP contribution in [0.3, 0.4) is 0 Å². The summed E-state index contributed by atoms with van der Waals surface area (Å²) < 4.78 is 0. The first-order valence-electron chi connectivity index (χ1n) is 4.72. The molecular formula is C12H10N2O2. The third-order valence-corrected chi connectivity index (χ3v) is 2.21. The van der Waals surface area contributed by atoms with Crippen LogP contribution in [-0.2, 0) is 0 Å². The van der Waals surface area contributed by atoms with Crippen molar-refractivity contribution < 1.29 is 9.90 Å². The van der Waals surface area contributed by atoms with Crippen molar-refractivity contribution >= 4 is 11.7 Å². The Morgan fingerprint density at radius 2 is 1.94 bits per heavy atom. The first-order chi connectivity index (χ1) is 7.68. The number of nitrogens with zero attached hydrogens (tertiary/aromatic N) is 1. The van der Waals surface area contributed by atoms with Gasteiger partial charge in [0.25, 0.3) is 0 Å². The third kappa shape index (κ3) is 1.86. The Morgan fingerprint density at radius 3 is 2.50 bits per heavy atom. The van der Waals surface area contributed by atoms with Crippen LogP contribution in [0.1, 0.15) is 10.4 Å². The van der Waals surface area contributed by atoms with Crippen LogP contribution in [-0.4, -0.2) is 16.1 Å². The van der Waals surface area contributed by atoms with E-state index in [0.29, 0.717) is 11.4 Å². The highest BCUT2D eigenvalue weighted by atomic mass is 16.4. The van der Waals surface area contributed by atoms with Gasteiger partial charge in [0.1, 0.15) is 0 Å². The molecule has 2 aromatic rings. The number of hydrogen-bond donors (Lipinski definition) is 2. The average Bonchev–Trinajstić information content (AvgIpc) is 2.30. The lowest BCUT2D eigenvalue weighted by molar-refractivity contribution is 0.0696. The first-order valence-corrected chi connectivity index (χ1v) is 4.72. The SMILES string of the molecule is Nc1cc(C(=O)O)cnc1-c1ccccc1. The molecule has 0 saturated carbocycles. The Kier molecular flexibility index (Phi) is 2.55. The normalized spacial score (nSPS) is 10.0. The Balaban J connectivity index is 2.48. The van der Waals surface area contributed by atoms with Gasteiger partial charge in [-0.15, -0.1) is 0 Å². The molecule has 0 saturated heterocycles. The largest absolute Gasteiger partial charge is 0.478 e.